The third kappa shape index (κ3) is 4.48. The third-order valence-corrected chi connectivity index (χ3v) is 5.56. The first-order chi connectivity index (χ1) is 7.97. The van der Waals surface area contributed by atoms with Crippen molar-refractivity contribution in [2.45, 2.75) is 43.4 Å². The van der Waals surface area contributed by atoms with E-state index in [9.17, 15) is 13.2 Å². The van der Waals surface area contributed by atoms with E-state index in [4.69, 9.17) is 5.11 Å². The molecular formula is C10H19NO4S2. The second kappa shape index (κ2) is 6.61. The molecule has 100 valence electrons. The molecule has 1 aliphatic rings. The van der Waals surface area contributed by atoms with Crippen molar-refractivity contribution in [3.8, 4) is 0 Å². The fraction of sp³-hybridized carbons (Fsp3) is 0.900. The van der Waals surface area contributed by atoms with Crippen LogP contribution in [0, 0.1) is 0 Å². The van der Waals surface area contributed by atoms with E-state index in [1.54, 1.807) is 0 Å². The van der Waals surface area contributed by atoms with Gasteiger partial charge in [0.2, 0.25) is 10.0 Å². The first kappa shape index (κ1) is 14.8. The average Bonchev–Trinajstić information content (AvgIpc) is 2.77. The van der Waals surface area contributed by atoms with Gasteiger partial charge in [-0.1, -0.05) is 12.8 Å². The van der Waals surface area contributed by atoms with Gasteiger partial charge >= 0.3 is 5.97 Å². The first-order valence-electron chi connectivity index (χ1n) is 5.70. The van der Waals surface area contributed by atoms with Gasteiger partial charge in [0.05, 0.1) is 5.25 Å². The molecule has 0 aromatic heterocycles. The molecule has 5 nitrogen and oxygen atoms in total. The van der Waals surface area contributed by atoms with Crippen LogP contribution in [0.15, 0.2) is 0 Å². The van der Waals surface area contributed by atoms with Crippen LogP contribution in [0.5, 0.6) is 0 Å². The Morgan fingerprint density at radius 2 is 2.06 bits per heavy atom. The highest BCUT2D eigenvalue weighted by molar-refractivity contribution is 7.98. The van der Waals surface area contributed by atoms with Gasteiger partial charge in [-0.15, -0.1) is 0 Å². The Morgan fingerprint density at radius 1 is 1.47 bits per heavy atom. The molecule has 2 N–H and O–H groups in total. The molecule has 0 amide bonds. The Labute approximate surface area is 106 Å². The van der Waals surface area contributed by atoms with Crippen molar-refractivity contribution in [1.29, 1.82) is 0 Å². The fourth-order valence-corrected chi connectivity index (χ4v) is 4.19. The van der Waals surface area contributed by atoms with Crippen LogP contribution in [0.4, 0.5) is 0 Å². The number of sulfonamides is 1. The second-order valence-corrected chi connectivity index (χ2v) is 7.22. The maximum absolute atomic E-state index is 11.9. The Bertz CT molecular complexity index is 349. The number of carboxylic acids is 1. The van der Waals surface area contributed by atoms with Crippen molar-refractivity contribution in [2.75, 3.05) is 12.0 Å². The van der Waals surface area contributed by atoms with Gasteiger partial charge in [-0.3, -0.25) is 4.79 Å². The summed E-state index contributed by atoms with van der Waals surface area (Å²) in [4.78, 5) is 11.0. The van der Waals surface area contributed by atoms with Crippen molar-refractivity contribution in [2.24, 2.45) is 0 Å². The largest absolute Gasteiger partial charge is 0.480 e. The molecule has 7 heteroatoms. The van der Waals surface area contributed by atoms with Crippen molar-refractivity contribution in [3.63, 3.8) is 0 Å². The molecule has 0 aromatic rings. The van der Waals surface area contributed by atoms with E-state index in [1.807, 2.05) is 6.26 Å². The molecule has 1 atom stereocenters. The van der Waals surface area contributed by atoms with E-state index in [0.717, 1.165) is 12.8 Å². The monoisotopic (exact) mass is 281 g/mol. The quantitative estimate of drug-likeness (QED) is 0.729. The van der Waals surface area contributed by atoms with Crippen LogP contribution in [0.1, 0.15) is 32.1 Å². The maximum Gasteiger partial charge on any atom is 0.321 e. The van der Waals surface area contributed by atoms with E-state index in [-0.39, 0.29) is 0 Å². The van der Waals surface area contributed by atoms with Crippen LogP contribution in [0.2, 0.25) is 0 Å². The number of hydrogen-bond donors (Lipinski definition) is 2. The van der Waals surface area contributed by atoms with Crippen LogP contribution in [-0.4, -0.2) is 42.8 Å². The van der Waals surface area contributed by atoms with Crippen molar-refractivity contribution >= 4 is 27.8 Å². The molecule has 1 fully saturated rings. The lowest BCUT2D eigenvalue weighted by atomic mass is 10.2. The molecule has 0 aliphatic heterocycles. The predicted octanol–water partition coefficient (Wildman–Crippen LogP) is 1.05. The zero-order valence-corrected chi connectivity index (χ0v) is 11.5. The number of thioether (sulfide) groups is 1. The van der Waals surface area contributed by atoms with Crippen LogP contribution in [0.3, 0.4) is 0 Å². The zero-order valence-electron chi connectivity index (χ0n) is 9.89. The molecule has 0 radical (unpaired) electrons. The number of rotatable bonds is 7. The van der Waals surface area contributed by atoms with E-state index >= 15 is 0 Å². The van der Waals surface area contributed by atoms with Crippen LogP contribution < -0.4 is 4.72 Å². The fourth-order valence-electron chi connectivity index (χ4n) is 1.96. The van der Waals surface area contributed by atoms with Crippen molar-refractivity contribution in [1.82, 2.24) is 4.72 Å². The highest BCUT2D eigenvalue weighted by Crippen LogP contribution is 2.24. The summed E-state index contributed by atoms with van der Waals surface area (Å²) in [5.74, 6) is -0.468. The number of carbonyl (C=O) groups is 1. The molecule has 1 rings (SSSR count). The standard InChI is InChI=1S/C10H19NO4S2/c1-16-7-6-9(10(12)13)11-17(14,15)8-4-2-3-5-8/h8-9,11H,2-7H2,1H3,(H,12,13)/t9-/m0/s1. The minimum absolute atomic E-state index is 0.322. The summed E-state index contributed by atoms with van der Waals surface area (Å²) >= 11 is 1.51. The van der Waals surface area contributed by atoms with E-state index in [0.29, 0.717) is 25.0 Å². The smallest absolute Gasteiger partial charge is 0.321 e. The van der Waals surface area contributed by atoms with Gasteiger partial charge in [-0.25, -0.2) is 13.1 Å². The van der Waals surface area contributed by atoms with Gasteiger partial charge in [0.15, 0.2) is 0 Å². The number of carboxylic acid groups (broad SMARTS) is 1. The highest BCUT2D eigenvalue weighted by Gasteiger charge is 2.32. The summed E-state index contributed by atoms with van der Waals surface area (Å²) in [6.07, 6.45) is 5.30. The number of hydrogen-bond acceptors (Lipinski definition) is 4. The molecule has 0 aromatic carbocycles. The lowest BCUT2D eigenvalue weighted by molar-refractivity contribution is -0.139. The van der Waals surface area contributed by atoms with Gasteiger partial charge in [-0.05, 0) is 31.3 Å². The highest BCUT2D eigenvalue weighted by atomic mass is 32.2. The maximum atomic E-state index is 11.9. The molecule has 0 unspecified atom stereocenters. The second-order valence-electron chi connectivity index (χ2n) is 4.24. The summed E-state index contributed by atoms with van der Waals surface area (Å²) in [6, 6.07) is -0.993. The Kier molecular flexibility index (Phi) is 5.75. The van der Waals surface area contributed by atoms with Gasteiger partial charge in [0.25, 0.3) is 0 Å². The average molecular weight is 281 g/mol. The molecule has 17 heavy (non-hydrogen) atoms. The zero-order chi connectivity index (χ0) is 12.9. The predicted molar refractivity (Wildman–Crippen MR) is 68.7 cm³/mol. The minimum atomic E-state index is -3.47. The molecule has 1 saturated carbocycles. The molecule has 0 saturated heterocycles. The molecule has 0 spiro atoms. The Balaban J connectivity index is 2.61. The summed E-state index contributed by atoms with van der Waals surface area (Å²) in [7, 11) is -3.47. The first-order valence-corrected chi connectivity index (χ1v) is 8.64. The molecule has 1 aliphatic carbocycles. The van der Waals surface area contributed by atoms with Gasteiger partial charge in [0.1, 0.15) is 6.04 Å². The summed E-state index contributed by atoms with van der Waals surface area (Å²) in [5, 5.41) is 8.57. The summed E-state index contributed by atoms with van der Waals surface area (Å²) < 4.78 is 26.2. The summed E-state index contributed by atoms with van der Waals surface area (Å²) in [5.41, 5.74) is 0. The van der Waals surface area contributed by atoms with Gasteiger partial charge in [0, 0.05) is 0 Å². The molecule has 0 heterocycles. The SMILES string of the molecule is CSCC[C@H](NS(=O)(=O)C1CCCC1)C(=O)O. The van der Waals surface area contributed by atoms with Crippen LogP contribution in [0.25, 0.3) is 0 Å². The topological polar surface area (TPSA) is 83.5 Å². The Hall–Kier alpha value is -0.270. The van der Waals surface area contributed by atoms with Crippen LogP contribution in [-0.2, 0) is 14.8 Å². The molecule has 0 bridgehead atoms. The van der Waals surface area contributed by atoms with Crippen molar-refractivity contribution < 1.29 is 18.3 Å². The lowest BCUT2D eigenvalue weighted by Crippen LogP contribution is -2.44. The molecular weight excluding hydrogens is 262 g/mol. The number of nitrogens with one attached hydrogen (secondary N) is 1. The third-order valence-electron chi connectivity index (χ3n) is 2.96. The summed E-state index contributed by atoms with van der Waals surface area (Å²) in [6.45, 7) is 0. The lowest BCUT2D eigenvalue weighted by Gasteiger charge is -2.17. The van der Waals surface area contributed by atoms with E-state index in [2.05, 4.69) is 4.72 Å². The number of aliphatic carboxylic acids is 1. The Morgan fingerprint density at radius 3 is 2.53 bits per heavy atom. The van der Waals surface area contributed by atoms with Crippen molar-refractivity contribution in [3.05, 3.63) is 0 Å². The van der Waals surface area contributed by atoms with E-state index < -0.39 is 27.3 Å². The minimum Gasteiger partial charge on any atom is -0.480 e. The van der Waals surface area contributed by atoms with Gasteiger partial charge in [-0.2, -0.15) is 11.8 Å². The van der Waals surface area contributed by atoms with Crippen LogP contribution >= 0.6 is 11.8 Å². The van der Waals surface area contributed by atoms with E-state index in [1.165, 1.54) is 11.8 Å². The normalized spacial score (nSPS) is 19.4. The van der Waals surface area contributed by atoms with Gasteiger partial charge < -0.3 is 5.11 Å².